The minimum atomic E-state index is -3.65. The number of hydrogen-bond acceptors (Lipinski definition) is 8. The minimum absolute atomic E-state index is 0.218. The number of anilines is 2. The third-order valence-corrected chi connectivity index (χ3v) is 9.00. The van der Waals surface area contributed by atoms with E-state index in [0.717, 1.165) is 31.5 Å². The molecular weight excluding hydrogens is 488 g/mol. The van der Waals surface area contributed by atoms with E-state index >= 15 is 0 Å². The zero-order valence-corrected chi connectivity index (χ0v) is 21.4. The van der Waals surface area contributed by atoms with Gasteiger partial charge in [0.2, 0.25) is 16.0 Å². The van der Waals surface area contributed by atoms with E-state index in [1.54, 1.807) is 48.7 Å². The largest absolute Gasteiger partial charge is 0.388 e. The molecule has 2 fully saturated rings. The van der Waals surface area contributed by atoms with Crippen LogP contribution in [0.1, 0.15) is 31.2 Å². The summed E-state index contributed by atoms with van der Waals surface area (Å²) in [6, 6.07) is 17.6. The summed E-state index contributed by atoms with van der Waals surface area (Å²) in [7, 11) is -3.65. The Morgan fingerprint density at radius 1 is 0.973 bits per heavy atom. The predicted molar refractivity (Wildman–Crippen MR) is 141 cm³/mol. The van der Waals surface area contributed by atoms with Gasteiger partial charge in [0.25, 0.3) is 0 Å². The van der Waals surface area contributed by atoms with E-state index in [1.807, 2.05) is 12.1 Å². The van der Waals surface area contributed by atoms with Crippen molar-refractivity contribution < 1.29 is 13.5 Å². The average molecular weight is 519 g/mol. The fourth-order valence-corrected chi connectivity index (χ4v) is 6.38. The predicted octanol–water partition coefficient (Wildman–Crippen LogP) is 3.37. The van der Waals surface area contributed by atoms with Gasteiger partial charge >= 0.3 is 0 Å². The van der Waals surface area contributed by atoms with Gasteiger partial charge in [0.15, 0.2) is 0 Å². The SMILES string of the molecule is N#Cc1ccc(-c2ccnc(Nc3ccc(S(=O)(=O)N4CCC(O)(CN5CCCC5)CC4)cc3)n2)cc1. The molecule has 5 rings (SSSR count). The van der Waals surface area contributed by atoms with E-state index in [4.69, 9.17) is 5.26 Å². The smallest absolute Gasteiger partial charge is 0.243 e. The number of rotatable bonds is 7. The number of hydrogen-bond donors (Lipinski definition) is 2. The summed E-state index contributed by atoms with van der Waals surface area (Å²) in [5.41, 5.74) is 1.98. The van der Waals surface area contributed by atoms with Gasteiger partial charge in [-0.2, -0.15) is 9.57 Å². The van der Waals surface area contributed by atoms with Crippen molar-refractivity contribution >= 4 is 21.7 Å². The molecule has 0 spiro atoms. The topological polar surface area (TPSA) is 122 Å². The molecule has 0 radical (unpaired) electrons. The van der Waals surface area contributed by atoms with E-state index in [2.05, 4.69) is 26.3 Å². The van der Waals surface area contributed by atoms with E-state index in [0.29, 0.717) is 55.4 Å². The van der Waals surface area contributed by atoms with Gasteiger partial charge in [0.1, 0.15) is 0 Å². The van der Waals surface area contributed by atoms with Crippen molar-refractivity contribution in [2.75, 3.05) is 38.0 Å². The average Bonchev–Trinajstić information content (AvgIpc) is 3.42. The van der Waals surface area contributed by atoms with Crippen LogP contribution < -0.4 is 5.32 Å². The molecule has 1 aromatic heterocycles. The summed E-state index contributed by atoms with van der Waals surface area (Å²) in [6.45, 7) is 3.26. The fourth-order valence-electron chi connectivity index (χ4n) is 4.94. The Bertz CT molecular complexity index is 1370. The molecule has 0 atom stereocenters. The van der Waals surface area contributed by atoms with Crippen molar-refractivity contribution in [1.82, 2.24) is 19.2 Å². The molecule has 0 unspecified atom stereocenters. The van der Waals surface area contributed by atoms with E-state index in [9.17, 15) is 13.5 Å². The highest BCUT2D eigenvalue weighted by molar-refractivity contribution is 7.89. The van der Waals surface area contributed by atoms with Crippen molar-refractivity contribution in [2.45, 2.75) is 36.2 Å². The number of likely N-dealkylation sites (tertiary alicyclic amines) is 1. The summed E-state index contributed by atoms with van der Waals surface area (Å²) < 4.78 is 27.9. The maximum Gasteiger partial charge on any atom is 0.243 e. The van der Waals surface area contributed by atoms with Crippen LogP contribution in [0.15, 0.2) is 65.7 Å². The Morgan fingerprint density at radius 2 is 1.65 bits per heavy atom. The fraction of sp³-hybridized carbons (Fsp3) is 0.370. The molecule has 10 heteroatoms. The van der Waals surface area contributed by atoms with Crippen molar-refractivity contribution in [3.63, 3.8) is 0 Å². The molecule has 2 aliphatic heterocycles. The van der Waals surface area contributed by atoms with Crippen LogP contribution in [0.2, 0.25) is 0 Å². The lowest BCUT2D eigenvalue weighted by atomic mass is 9.92. The molecule has 2 aromatic carbocycles. The van der Waals surface area contributed by atoms with Crippen LogP contribution in [0.3, 0.4) is 0 Å². The first-order chi connectivity index (χ1) is 17.8. The molecule has 2 N–H and O–H groups in total. The number of nitriles is 1. The lowest BCUT2D eigenvalue weighted by Gasteiger charge is -2.39. The Hall–Kier alpha value is -3.36. The van der Waals surface area contributed by atoms with E-state index in [1.165, 1.54) is 4.31 Å². The molecule has 192 valence electrons. The molecule has 2 aliphatic rings. The number of benzene rings is 2. The monoisotopic (exact) mass is 518 g/mol. The third-order valence-electron chi connectivity index (χ3n) is 7.08. The molecule has 0 amide bonds. The zero-order chi connectivity index (χ0) is 25.9. The number of nitrogens with one attached hydrogen (secondary N) is 1. The standard InChI is InChI=1S/C27H30N6O3S/c28-19-21-3-5-22(6-4-21)25-11-14-29-26(31-25)30-23-7-9-24(10-8-23)37(35,36)33-17-12-27(34,13-18-33)20-32-15-1-2-16-32/h3-11,14,34H,1-2,12-13,15-18,20H2,(H,29,30,31). The number of piperidine rings is 1. The van der Waals surface area contributed by atoms with Crippen molar-refractivity contribution in [2.24, 2.45) is 0 Å². The van der Waals surface area contributed by atoms with Gasteiger partial charge in [-0.15, -0.1) is 0 Å². The van der Waals surface area contributed by atoms with Crippen LogP contribution in [0.4, 0.5) is 11.6 Å². The lowest BCUT2D eigenvalue weighted by molar-refractivity contribution is -0.0284. The van der Waals surface area contributed by atoms with E-state index < -0.39 is 15.6 Å². The molecule has 3 heterocycles. The van der Waals surface area contributed by atoms with Crippen LogP contribution >= 0.6 is 0 Å². The first-order valence-electron chi connectivity index (χ1n) is 12.5. The number of β-amino-alcohol motifs (C(OH)–C–C–N with tert-alkyl or cyclic N) is 1. The molecule has 9 nitrogen and oxygen atoms in total. The second kappa shape index (κ2) is 10.6. The quantitative estimate of drug-likeness (QED) is 0.488. The highest BCUT2D eigenvalue weighted by atomic mass is 32.2. The molecular formula is C27H30N6O3S. The van der Waals surface area contributed by atoms with Gasteiger partial charge in [0.05, 0.1) is 27.8 Å². The second-order valence-corrected chi connectivity index (χ2v) is 11.7. The van der Waals surface area contributed by atoms with Gasteiger partial charge in [-0.05, 0) is 81.2 Å². The second-order valence-electron chi connectivity index (χ2n) is 9.72. The summed E-state index contributed by atoms with van der Waals surface area (Å²) in [6.07, 6.45) is 4.85. The van der Waals surface area contributed by atoms with Gasteiger partial charge < -0.3 is 15.3 Å². The summed E-state index contributed by atoms with van der Waals surface area (Å²) >= 11 is 0. The molecule has 3 aromatic rings. The van der Waals surface area contributed by atoms with Crippen molar-refractivity contribution in [3.8, 4) is 17.3 Å². The van der Waals surface area contributed by atoms with Gasteiger partial charge in [-0.1, -0.05) is 12.1 Å². The maximum absolute atomic E-state index is 13.2. The summed E-state index contributed by atoms with van der Waals surface area (Å²) in [4.78, 5) is 11.3. The highest BCUT2D eigenvalue weighted by Gasteiger charge is 2.38. The highest BCUT2D eigenvalue weighted by Crippen LogP contribution is 2.29. The third kappa shape index (κ3) is 5.81. The summed E-state index contributed by atoms with van der Waals surface area (Å²) in [5, 5.41) is 23.1. The van der Waals surface area contributed by atoms with Crippen molar-refractivity contribution in [1.29, 1.82) is 5.26 Å². The lowest BCUT2D eigenvalue weighted by Crippen LogP contribution is -2.51. The Balaban J connectivity index is 1.22. The van der Waals surface area contributed by atoms with Crippen LogP contribution in [0.25, 0.3) is 11.3 Å². The van der Waals surface area contributed by atoms with Gasteiger partial charge in [0, 0.05) is 37.1 Å². The molecule has 0 bridgehead atoms. The van der Waals surface area contributed by atoms with E-state index in [-0.39, 0.29) is 4.90 Å². The van der Waals surface area contributed by atoms with Gasteiger partial charge in [-0.25, -0.2) is 18.4 Å². The van der Waals surface area contributed by atoms with Crippen molar-refractivity contribution in [3.05, 3.63) is 66.4 Å². The Labute approximate surface area is 217 Å². The minimum Gasteiger partial charge on any atom is -0.388 e. The van der Waals surface area contributed by atoms with Crippen LogP contribution in [0.5, 0.6) is 0 Å². The Morgan fingerprint density at radius 3 is 2.30 bits per heavy atom. The van der Waals surface area contributed by atoms with Gasteiger partial charge in [-0.3, -0.25) is 0 Å². The maximum atomic E-state index is 13.2. The summed E-state index contributed by atoms with van der Waals surface area (Å²) in [5.74, 6) is 0.380. The molecule has 0 saturated carbocycles. The van der Waals surface area contributed by atoms with Crippen LogP contribution in [-0.2, 0) is 10.0 Å². The number of sulfonamides is 1. The molecule has 37 heavy (non-hydrogen) atoms. The van der Waals surface area contributed by atoms with Crippen LogP contribution in [-0.4, -0.2) is 71.0 Å². The normalized spacial score (nSPS) is 18.4. The first kappa shape index (κ1) is 25.3. The molecule has 2 saturated heterocycles. The van der Waals surface area contributed by atoms with Crippen LogP contribution in [0, 0.1) is 11.3 Å². The number of aromatic nitrogens is 2. The first-order valence-corrected chi connectivity index (χ1v) is 13.9. The number of aliphatic hydroxyl groups is 1. The molecule has 0 aliphatic carbocycles. The zero-order valence-electron chi connectivity index (χ0n) is 20.5. The number of nitrogens with zero attached hydrogens (tertiary/aromatic N) is 5. The Kier molecular flexibility index (Phi) is 7.22.